The number of ketones is 1. The van der Waals surface area contributed by atoms with Crippen molar-refractivity contribution in [3.63, 3.8) is 0 Å². The molecule has 0 spiro atoms. The predicted molar refractivity (Wildman–Crippen MR) is 131 cm³/mol. The second kappa shape index (κ2) is 11.2. The second-order valence-electron chi connectivity index (χ2n) is 7.26. The fourth-order valence-electron chi connectivity index (χ4n) is 3.46. The van der Waals surface area contributed by atoms with Crippen molar-refractivity contribution < 1.29 is 9.21 Å². The van der Waals surface area contributed by atoms with Gasteiger partial charge in [0.05, 0.1) is 5.92 Å². The summed E-state index contributed by atoms with van der Waals surface area (Å²) in [6.07, 6.45) is 0. The number of nitrogens with zero attached hydrogens (tertiary/aromatic N) is 4. The lowest BCUT2D eigenvalue weighted by molar-refractivity contribution is 0.103. The van der Waals surface area contributed by atoms with E-state index < -0.39 is 0 Å². The van der Waals surface area contributed by atoms with Gasteiger partial charge in [0, 0.05) is 42.8 Å². The molecule has 1 aliphatic rings. The Morgan fingerprint density at radius 3 is 2.53 bits per heavy atom. The van der Waals surface area contributed by atoms with E-state index in [0.717, 1.165) is 36.1 Å². The smallest absolute Gasteiger partial charge is 0.322 e. The summed E-state index contributed by atoms with van der Waals surface area (Å²) < 4.78 is 5.88. The van der Waals surface area contributed by atoms with Crippen LogP contribution in [0.4, 0.5) is 6.01 Å². The van der Waals surface area contributed by atoms with Crippen LogP contribution < -0.4 is 5.32 Å². The quantitative estimate of drug-likeness (QED) is 0.337. The maximum absolute atomic E-state index is 12.8. The van der Waals surface area contributed by atoms with E-state index in [1.54, 1.807) is 7.05 Å². The fraction of sp³-hybridized carbons (Fsp3) is 0.304. The van der Waals surface area contributed by atoms with Crippen molar-refractivity contribution in [3.8, 4) is 0 Å². The highest BCUT2D eigenvalue weighted by Gasteiger charge is 2.20. The van der Waals surface area contributed by atoms with Crippen molar-refractivity contribution in [2.24, 2.45) is 4.99 Å². The molecule has 168 valence electrons. The number of guanidine groups is 1. The molecule has 0 amide bonds. The Morgan fingerprint density at radius 1 is 1.09 bits per heavy atom. The molecule has 7 nitrogen and oxygen atoms in total. The number of carbonyl (C=O) groups excluding carboxylic acids is 1. The number of rotatable bonds is 5. The van der Waals surface area contributed by atoms with Gasteiger partial charge in [-0.05, 0) is 18.6 Å². The molecule has 2 aromatic carbocycles. The summed E-state index contributed by atoms with van der Waals surface area (Å²) in [5, 5.41) is 11.5. The monoisotopic (exact) mass is 471 g/mol. The van der Waals surface area contributed by atoms with Crippen LogP contribution >= 0.6 is 24.2 Å². The van der Waals surface area contributed by atoms with Crippen LogP contribution in [0.1, 0.15) is 40.2 Å². The molecule has 9 heteroatoms. The third-order valence-corrected chi connectivity index (χ3v) is 6.18. The number of halogens is 1. The molecule has 0 radical (unpaired) electrons. The van der Waals surface area contributed by atoms with Gasteiger partial charge in [-0.1, -0.05) is 53.6 Å². The molecule has 1 aromatic heterocycles. The second-order valence-corrected chi connectivity index (χ2v) is 8.48. The Morgan fingerprint density at radius 2 is 1.81 bits per heavy atom. The van der Waals surface area contributed by atoms with E-state index in [2.05, 4.69) is 25.4 Å². The third kappa shape index (κ3) is 5.49. The zero-order chi connectivity index (χ0) is 21.6. The summed E-state index contributed by atoms with van der Waals surface area (Å²) in [5.74, 6) is 3.21. The predicted octanol–water partition coefficient (Wildman–Crippen LogP) is 4.32. The number of hydrogen-bond acceptors (Lipinski definition) is 6. The van der Waals surface area contributed by atoms with Crippen LogP contribution in [-0.2, 0) is 0 Å². The van der Waals surface area contributed by atoms with E-state index in [-0.39, 0.29) is 24.1 Å². The number of benzene rings is 2. The van der Waals surface area contributed by atoms with Crippen LogP contribution in [-0.4, -0.2) is 58.5 Å². The van der Waals surface area contributed by atoms with Gasteiger partial charge in [0.2, 0.25) is 11.9 Å². The molecule has 0 bridgehead atoms. The van der Waals surface area contributed by atoms with Gasteiger partial charge >= 0.3 is 6.01 Å². The molecule has 1 saturated heterocycles. The van der Waals surface area contributed by atoms with Crippen LogP contribution in [0.2, 0.25) is 0 Å². The summed E-state index contributed by atoms with van der Waals surface area (Å²) >= 11 is 1.94. The largest absolute Gasteiger partial charge is 0.407 e. The molecule has 3 aromatic rings. The Balaban J connectivity index is 0.00000289. The van der Waals surface area contributed by atoms with Crippen molar-refractivity contribution in [3.05, 3.63) is 77.2 Å². The number of anilines is 1. The standard InChI is InChI=1S/C23H25N5O2S.ClH/c1-16(18-9-6-10-19(15-18)20(29)17-7-4-3-5-8-17)21-26-27-23(30-21)25-22(24-2)28-11-13-31-14-12-28;/h3-10,15-16H,11-14H2,1-2H3,(H,24,25,27);1H. The van der Waals surface area contributed by atoms with Crippen molar-refractivity contribution in [1.82, 2.24) is 15.1 Å². The Hall–Kier alpha value is -2.84. The first kappa shape index (κ1) is 23.8. The van der Waals surface area contributed by atoms with Crippen LogP contribution in [0.5, 0.6) is 0 Å². The highest BCUT2D eigenvalue weighted by atomic mass is 35.5. The first-order valence-corrected chi connectivity index (χ1v) is 11.4. The minimum Gasteiger partial charge on any atom is -0.407 e. The van der Waals surface area contributed by atoms with Gasteiger partial charge < -0.3 is 9.32 Å². The van der Waals surface area contributed by atoms with Gasteiger partial charge in [-0.2, -0.15) is 11.8 Å². The maximum Gasteiger partial charge on any atom is 0.322 e. The highest BCUT2D eigenvalue weighted by molar-refractivity contribution is 7.99. The topological polar surface area (TPSA) is 83.6 Å². The van der Waals surface area contributed by atoms with Crippen LogP contribution in [0, 0.1) is 0 Å². The molecular formula is C23H26ClN5O2S. The Labute approximate surface area is 198 Å². The SMILES string of the molecule is CN=C(Nc1nnc(C(C)c2cccc(C(=O)c3ccccc3)c2)o1)N1CCSCC1.Cl. The van der Waals surface area contributed by atoms with Gasteiger partial charge in [0.25, 0.3) is 0 Å². The van der Waals surface area contributed by atoms with Crippen molar-refractivity contribution >= 4 is 41.9 Å². The van der Waals surface area contributed by atoms with Gasteiger partial charge in [0.15, 0.2) is 5.78 Å². The van der Waals surface area contributed by atoms with Gasteiger partial charge in [0.1, 0.15) is 0 Å². The van der Waals surface area contributed by atoms with Crippen LogP contribution in [0.3, 0.4) is 0 Å². The first-order chi connectivity index (χ1) is 15.2. The zero-order valence-electron chi connectivity index (χ0n) is 18.0. The van der Waals surface area contributed by atoms with E-state index in [4.69, 9.17) is 4.42 Å². The Kier molecular flexibility index (Phi) is 8.30. The van der Waals surface area contributed by atoms with E-state index >= 15 is 0 Å². The maximum atomic E-state index is 12.8. The lowest BCUT2D eigenvalue weighted by Gasteiger charge is -2.28. The van der Waals surface area contributed by atoms with Crippen LogP contribution in [0.25, 0.3) is 0 Å². The average molecular weight is 472 g/mol. The minimum absolute atomic E-state index is 0. The zero-order valence-corrected chi connectivity index (χ0v) is 19.7. The fourth-order valence-corrected chi connectivity index (χ4v) is 4.36. The molecule has 0 aliphatic carbocycles. The minimum atomic E-state index is -0.153. The average Bonchev–Trinajstić information content (AvgIpc) is 3.31. The summed E-state index contributed by atoms with van der Waals surface area (Å²) in [6.45, 7) is 3.86. The highest BCUT2D eigenvalue weighted by Crippen LogP contribution is 2.26. The number of hydrogen-bond donors (Lipinski definition) is 1. The van der Waals surface area contributed by atoms with Gasteiger partial charge in [-0.15, -0.1) is 17.5 Å². The van der Waals surface area contributed by atoms with Gasteiger partial charge in [-0.25, -0.2) is 0 Å². The summed E-state index contributed by atoms with van der Waals surface area (Å²) in [5.41, 5.74) is 2.24. The number of aromatic nitrogens is 2. The molecule has 1 N–H and O–H groups in total. The molecule has 1 fully saturated rings. The lowest BCUT2D eigenvalue weighted by Crippen LogP contribution is -2.41. The molecule has 1 atom stereocenters. The van der Waals surface area contributed by atoms with Crippen molar-refractivity contribution in [1.29, 1.82) is 0 Å². The molecular weight excluding hydrogens is 446 g/mol. The van der Waals surface area contributed by atoms with E-state index in [9.17, 15) is 4.79 Å². The first-order valence-electron chi connectivity index (χ1n) is 10.3. The molecule has 0 saturated carbocycles. The molecule has 4 rings (SSSR count). The van der Waals surface area contributed by atoms with E-state index in [1.807, 2.05) is 73.3 Å². The number of carbonyl (C=O) groups is 1. The summed E-state index contributed by atoms with van der Waals surface area (Å²) in [6, 6.07) is 17.2. The van der Waals surface area contributed by atoms with Crippen molar-refractivity contribution in [2.45, 2.75) is 12.8 Å². The summed E-state index contributed by atoms with van der Waals surface area (Å²) in [7, 11) is 1.75. The normalized spacial score (nSPS) is 15.1. The van der Waals surface area contributed by atoms with Crippen LogP contribution in [0.15, 0.2) is 64.0 Å². The number of nitrogens with one attached hydrogen (secondary N) is 1. The molecule has 32 heavy (non-hydrogen) atoms. The van der Waals surface area contributed by atoms with E-state index in [0.29, 0.717) is 23.0 Å². The molecule has 1 aliphatic heterocycles. The lowest BCUT2D eigenvalue weighted by atomic mass is 9.96. The number of thioether (sulfide) groups is 1. The number of aliphatic imine (C=N–C) groups is 1. The third-order valence-electron chi connectivity index (χ3n) is 5.24. The summed E-state index contributed by atoms with van der Waals surface area (Å²) in [4.78, 5) is 19.3. The molecule has 1 unspecified atom stereocenters. The van der Waals surface area contributed by atoms with Crippen molar-refractivity contribution in [2.75, 3.05) is 37.0 Å². The van der Waals surface area contributed by atoms with E-state index in [1.165, 1.54) is 0 Å². The van der Waals surface area contributed by atoms with Gasteiger partial charge in [-0.3, -0.25) is 15.1 Å². The molecule has 2 heterocycles. The Bertz CT molecular complexity index is 1070.